The Balaban J connectivity index is 2.29. The molecule has 7 heteroatoms. The lowest BCUT2D eigenvalue weighted by molar-refractivity contribution is 0.628. The lowest BCUT2D eigenvalue weighted by atomic mass is 10.3. The van der Waals surface area contributed by atoms with Gasteiger partial charge in [-0.2, -0.15) is 15.0 Å². The first-order valence-electron chi connectivity index (χ1n) is 5.16. The van der Waals surface area contributed by atoms with E-state index in [4.69, 9.17) is 11.6 Å². The van der Waals surface area contributed by atoms with Gasteiger partial charge in [0.25, 0.3) is 0 Å². The standard InChI is InChI=1S/C11H11ClFN5/c1-18(2)11-16-9(12)15-10(17-11)14-8-5-3-4-7(13)6-8/h3-6H,1-2H3,(H,14,15,16,17). The van der Waals surface area contributed by atoms with Crippen LogP contribution in [0.4, 0.5) is 22.0 Å². The van der Waals surface area contributed by atoms with E-state index in [9.17, 15) is 4.39 Å². The topological polar surface area (TPSA) is 53.9 Å². The minimum atomic E-state index is -0.340. The Kier molecular flexibility index (Phi) is 3.57. The normalized spacial score (nSPS) is 10.2. The molecule has 1 aromatic carbocycles. The molecule has 2 aromatic rings. The van der Waals surface area contributed by atoms with Gasteiger partial charge in [0.05, 0.1) is 0 Å². The molecule has 18 heavy (non-hydrogen) atoms. The number of anilines is 3. The molecule has 0 unspecified atom stereocenters. The van der Waals surface area contributed by atoms with Crippen molar-refractivity contribution in [3.63, 3.8) is 0 Å². The molecule has 5 nitrogen and oxygen atoms in total. The van der Waals surface area contributed by atoms with Crippen LogP contribution in [0.25, 0.3) is 0 Å². The fraction of sp³-hybridized carbons (Fsp3) is 0.182. The zero-order chi connectivity index (χ0) is 13.1. The van der Waals surface area contributed by atoms with E-state index in [0.29, 0.717) is 11.6 Å². The number of nitrogens with one attached hydrogen (secondary N) is 1. The quantitative estimate of drug-likeness (QED) is 0.926. The van der Waals surface area contributed by atoms with Gasteiger partial charge in [-0.05, 0) is 29.8 Å². The van der Waals surface area contributed by atoms with Crippen molar-refractivity contribution < 1.29 is 4.39 Å². The minimum absolute atomic E-state index is 0.0765. The fourth-order valence-corrected chi connectivity index (χ4v) is 1.45. The highest BCUT2D eigenvalue weighted by Crippen LogP contribution is 2.17. The SMILES string of the molecule is CN(C)c1nc(Cl)nc(Nc2cccc(F)c2)n1. The molecule has 0 aliphatic rings. The molecule has 0 bridgehead atoms. The highest BCUT2D eigenvalue weighted by molar-refractivity contribution is 6.28. The Labute approximate surface area is 109 Å². The molecule has 1 heterocycles. The van der Waals surface area contributed by atoms with Crippen molar-refractivity contribution in [3.8, 4) is 0 Å². The van der Waals surface area contributed by atoms with Gasteiger partial charge in [0.15, 0.2) is 0 Å². The maximum absolute atomic E-state index is 13.0. The van der Waals surface area contributed by atoms with Crippen LogP contribution in [0.5, 0.6) is 0 Å². The fourth-order valence-electron chi connectivity index (χ4n) is 1.29. The maximum Gasteiger partial charge on any atom is 0.233 e. The van der Waals surface area contributed by atoms with Gasteiger partial charge in [-0.1, -0.05) is 6.07 Å². The summed E-state index contributed by atoms with van der Waals surface area (Å²) in [6.07, 6.45) is 0. The number of rotatable bonds is 3. The number of aromatic nitrogens is 3. The Hall–Kier alpha value is -1.95. The summed E-state index contributed by atoms with van der Waals surface area (Å²) in [5, 5.41) is 2.94. The van der Waals surface area contributed by atoms with E-state index < -0.39 is 0 Å². The molecule has 1 N–H and O–H groups in total. The highest BCUT2D eigenvalue weighted by Gasteiger charge is 2.07. The average Bonchev–Trinajstić information content (AvgIpc) is 2.28. The second-order valence-corrected chi connectivity index (χ2v) is 4.10. The molecule has 0 fully saturated rings. The van der Waals surface area contributed by atoms with Crippen LogP contribution in [0.1, 0.15) is 0 Å². The number of hydrogen-bond donors (Lipinski definition) is 1. The molecule has 94 valence electrons. The van der Waals surface area contributed by atoms with Gasteiger partial charge in [0, 0.05) is 19.8 Å². The molecule has 0 saturated carbocycles. The van der Waals surface area contributed by atoms with Crippen LogP contribution in [0.15, 0.2) is 24.3 Å². The summed E-state index contributed by atoms with van der Waals surface area (Å²) in [6.45, 7) is 0. The first-order valence-corrected chi connectivity index (χ1v) is 5.54. The van der Waals surface area contributed by atoms with Crippen molar-refractivity contribution in [2.45, 2.75) is 0 Å². The van der Waals surface area contributed by atoms with E-state index in [-0.39, 0.29) is 17.0 Å². The zero-order valence-electron chi connectivity index (χ0n) is 9.85. The van der Waals surface area contributed by atoms with Crippen LogP contribution in [-0.4, -0.2) is 29.0 Å². The summed E-state index contributed by atoms with van der Waals surface area (Å²) in [5.74, 6) is 0.353. The molecule has 2 rings (SSSR count). The summed E-state index contributed by atoms with van der Waals surface area (Å²) in [4.78, 5) is 13.7. The van der Waals surface area contributed by atoms with Crippen LogP contribution < -0.4 is 10.2 Å². The first kappa shape index (κ1) is 12.5. The number of hydrogen-bond acceptors (Lipinski definition) is 5. The third-order valence-corrected chi connectivity index (χ3v) is 2.25. The molecule has 1 aromatic heterocycles. The first-order chi connectivity index (χ1) is 8.54. The van der Waals surface area contributed by atoms with Crippen LogP contribution in [0.2, 0.25) is 5.28 Å². The molecule has 0 amide bonds. The maximum atomic E-state index is 13.0. The monoisotopic (exact) mass is 267 g/mol. The van der Waals surface area contributed by atoms with Crippen molar-refractivity contribution in [1.29, 1.82) is 0 Å². The van der Waals surface area contributed by atoms with Crippen molar-refractivity contribution in [2.75, 3.05) is 24.3 Å². The number of halogens is 2. The van der Waals surface area contributed by atoms with E-state index in [1.54, 1.807) is 31.1 Å². The Bertz CT molecular complexity index is 561. The summed E-state index contributed by atoms with van der Waals surface area (Å²) < 4.78 is 13.0. The van der Waals surface area contributed by atoms with Gasteiger partial charge in [-0.3, -0.25) is 0 Å². The molecule has 0 aliphatic heterocycles. The molecule has 0 atom stereocenters. The highest BCUT2D eigenvalue weighted by atomic mass is 35.5. The molecular formula is C11H11ClFN5. The predicted octanol–water partition coefficient (Wildman–Crippen LogP) is 2.47. The van der Waals surface area contributed by atoms with Crippen LogP contribution in [-0.2, 0) is 0 Å². The molecular weight excluding hydrogens is 257 g/mol. The van der Waals surface area contributed by atoms with E-state index in [2.05, 4.69) is 20.3 Å². The van der Waals surface area contributed by atoms with Crippen molar-refractivity contribution in [1.82, 2.24) is 15.0 Å². The molecule has 0 aliphatic carbocycles. The van der Waals surface area contributed by atoms with Gasteiger partial charge in [-0.25, -0.2) is 4.39 Å². The van der Waals surface area contributed by atoms with Crippen LogP contribution >= 0.6 is 11.6 Å². The summed E-state index contributed by atoms with van der Waals surface area (Å²) in [6, 6.07) is 5.99. The van der Waals surface area contributed by atoms with Crippen molar-refractivity contribution in [2.24, 2.45) is 0 Å². The Morgan fingerprint density at radius 1 is 1.22 bits per heavy atom. The summed E-state index contributed by atoms with van der Waals surface area (Å²) in [7, 11) is 3.58. The Morgan fingerprint density at radius 2 is 2.00 bits per heavy atom. The Morgan fingerprint density at radius 3 is 2.67 bits per heavy atom. The molecule has 0 spiro atoms. The van der Waals surface area contributed by atoms with Gasteiger partial charge in [0.1, 0.15) is 5.82 Å². The van der Waals surface area contributed by atoms with Gasteiger partial charge >= 0.3 is 0 Å². The zero-order valence-corrected chi connectivity index (χ0v) is 10.6. The van der Waals surface area contributed by atoms with Crippen LogP contribution in [0.3, 0.4) is 0 Å². The summed E-state index contributed by atoms with van der Waals surface area (Å²) in [5.41, 5.74) is 0.543. The summed E-state index contributed by atoms with van der Waals surface area (Å²) >= 11 is 5.79. The van der Waals surface area contributed by atoms with Gasteiger partial charge in [-0.15, -0.1) is 0 Å². The number of nitrogens with zero attached hydrogens (tertiary/aromatic N) is 4. The van der Waals surface area contributed by atoms with Gasteiger partial charge in [0.2, 0.25) is 17.2 Å². The third-order valence-electron chi connectivity index (χ3n) is 2.08. The van der Waals surface area contributed by atoms with E-state index in [1.807, 2.05) is 0 Å². The molecule has 0 saturated heterocycles. The third kappa shape index (κ3) is 3.04. The van der Waals surface area contributed by atoms with Gasteiger partial charge < -0.3 is 10.2 Å². The molecule has 0 radical (unpaired) electrons. The van der Waals surface area contributed by atoms with E-state index in [1.165, 1.54) is 12.1 Å². The number of benzene rings is 1. The smallest absolute Gasteiger partial charge is 0.233 e. The largest absolute Gasteiger partial charge is 0.347 e. The predicted molar refractivity (Wildman–Crippen MR) is 68.8 cm³/mol. The second-order valence-electron chi connectivity index (χ2n) is 3.76. The van der Waals surface area contributed by atoms with E-state index in [0.717, 1.165) is 0 Å². The van der Waals surface area contributed by atoms with Crippen molar-refractivity contribution in [3.05, 3.63) is 35.4 Å². The lowest BCUT2D eigenvalue weighted by Gasteiger charge is -2.11. The van der Waals surface area contributed by atoms with Crippen molar-refractivity contribution >= 4 is 29.2 Å². The second kappa shape index (κ2) is 5.14. The van der Waals surface area contributed by atoms with E-state index >= 15 is 0 Å². The lowest BCUT2D eigenvalue weighted by Crippen LogP contribution is -2.14. The minimum Gasteiger partial charge on any atom is -0.347 e. The average molecular weight is 268 g/mol. The van der Waals surface area contributed by atoms with Crippen LogP contribution in [0, 0.1) is 5.82 Å².